The Kier molecular flexibility index (Phi) is 4.57. The van der Waals surface area contributed by atoms with Gasteiger partial charge in [0.15, 0.2) is 0 Å². The lowest BCUT2D eigenvalue weighted by Crippen LogP contribution is -2.25. The van der Waals surface area contributed by atoms with E-state index in [9.17, 15) is 13.6 Å². The normalized spacial score (nSPS) is 22.6. The zero-order valence-corrected chi connectivity index (χ0v) is 11.5. The number of carbonyl (C=O) groups is 1. The van der Waals surface area contributed by atoms with Crippen molar-refractivity contribution in [3.05, 3.63) is 29.3 Å². The van der Waals surface area contributed by atoms with Gasteiger partial charge >= 0.3 is 5.97 Å². The molecular weight excluding hydrogens is 264 g/mol. The van der Waals surface area contributed by atoms with Crippen LogP contribution >= 0.6 is 0 Å². The third-order valence-corrected chi connectivity index (χ3v) is 3.95. The second-order valence-corrected chi connectivity index (χ2v) is 5.31. The van der Waals surface area contributed by atoms with Crippen LogP contribution < -0.4 is 5.73 Å². The van der Waals surface area contributed by atoms with E-state index in [0.29, 0.717) is 5.92 Å². The first-order chi connectivity index (χ1) is 9.51. The quantitative estimate of drug-likeness (QED) is 0.680. The van der Waals surface area contributed by atoms with Gasteiger partial charge in [-0.15, -0.1) is 0 Å². The number of nitrogen functional groups attached to an aromatic ring is 1. The van der Waals surface area contributed by atoms with Gasteiger partial charge < -0.3 is 10.5 Å². The minimum Gasteiger partial charge on any atom is -0.459 e. The number of nitrogens with two attached hydrogens (primary N) is 1. The molecule has 0 bridgehead atoms. The maximum Gasteiger partial charge on any atom is 0.341 e. The molecule has 0 aliphatic heterocycles. The van der Waals surface area contributed by atoms with E-state index in [1.807, 2.05) is 0 Å². The second kappa shape index (κ2) is 6.20. The lowest BCUT2D eigenvalue weighted by atomic mass is 9.86. The molecule has 1 aromatic carbocycles. The standard InChI is InChI=1S/C15H19F2NO2/c1-2-9-3-5-10(6-4-9)20-15(19)11-7-13(17)14(18)8-12(11)16/h7-10H,2-6,18H2,1H3. The predicted molar refractivity (Wildman–Crippen MR) is 72.2 cm³/mol. The van der Waals surface area contributed by atoms with Gasteiger partial charge in [-0.25, -0.2) is 13.6 Å². The lowest BCUT2D eigenvalue weighted by Gasteiger charge is -2.27. The van der Waals surface area contributed by atoms with E-state index in [0.717, 1.165) is 44.2 Å². The second-order valence-electron chi connectivity index (χ2n) is 5.31. The van der Waals surface area contributed by atoms with Crippen molar-refractivity contribution in [1.29, 1.82) is 0 Å². The van der Waals surface area contributed by atoms with Gasteiger partial charge in [0.1, 0.15) is 17.7 Å². The molecule has 0 amide bonds. The first-order valence-corrected chi connectivity index (χ1v) is 6.96. The highest BCUT2D eigenvalue weighted by atomic mass is 19.1. The fraction of sp³-hybridized carbons (Fsp3) is 0.533. The highest BCUT2D eigenvalue weighted by Gasteiger charge is 2.25. The van der Waals surface area contributed by atoms with Gasteiger partial charge in [0.05, 0.1) is 11.3 Å². The highest BCUT2D eigenvalue weighted by molar-refractivity contribution is 5.90. The maximum atomic E-state index is 13.6. The number of ether oxygens (including phenoxy) is 1. The molecule has 0 radical (unpaired) electrons. The molecular formula is C15H19F2NO2. The minimum atomic E-state index is -0.851. The van der Waals surface area contributed by atoms with Crippen LogP contribution in [-0.4, -0.2) is 12.1 Å². The molecule has 0 atom stereocenters. The van der Waals surface area contributed by atoms with Crippen LogP contribution in [0.25, 0.3) is 0 Å². The van der Waals surface area contributed by atoms with Crippen LogP contribution in [0.4, 0.5) is 14.5 Å². The number of esters is 1. The van der Waals surface area contributed by atoms with E-state index < -0.39 is 23.2 Å². The fourth-order valence-corrected chi connectivity index (χ4v) is 2.59. The summed E-state index contributed by atoms with van der Waals surface area (Å²) in [6.45, 7) is 2.14. The van der Waals surface area contributed by atoms with E-state index in [1.165, 1.54) is 0 Å². The van der Waals surface area contributed by atoms with Crippen molar-refractivity contribution >= 4 is 11.7 Å². The third-order valence-electron chi connectivity index (χ3n) is 3.95. The van der Waals surface area contributed by atoms with E-state index in [2.05, 4.69) is 6.92 Å². The Hall–Kier alpha value is -1.65. The van der Waals surface area contributed by atoms with Crippen molar-refractivity contribution in [3.8, 4) is 0 Å². The van der Waals surface area contributed by atoms with Crippen LogP contribution in [0.15, 0.2) is 12.1 Å². The number of benzene rings is 1. The maximum absolute atomic E-state index is 13.6. The average molecular weight is 283 g/mol. The van der Waals surface area contributed by atoms with Crippen LogP contribution in [0.5, 0.6) is 0 Å². The van der Waals surface area contributed by atoms with Gasteiger partial charge in [-0.1, -0.05) is 13.3 Å². The molecule has 1 saturated carbocycles. The van der Waals surface area contributed by atoms with E-state index in [-0.39, 0.29) is 11.8 Å². The highest BCUT2D eigenvalue weighted by Crippen LogP contribution is 2.29. The molecule has 2 N–H and O–H groups in total. The summed E-state index contributed by atoms with van der Waals surface area (Å²) in [6.07, 6.45) is 4.50. The number of hydrogen-bond acceptors (Lipinski definition) is 3. The topological polar surface area (TPSA) is 52.3 Å². The molecule has 0 spiro atoms. The number of hydrogen-bond donors (Lipinski definition) is 1. The van der Waals surface area contributed by atoms with Gasteiger partial charge in [-0.3, -0.25) is 0 Å². The van der Waals surface area contributed by atoms with Crippen LogP contribution in [0.1, 0.15) is 49.4 Å². The van der Waals surface area contributed by atoms with Crippen LogP contribution in [0, 0.1) is 17.6 Å². The number of halogens is 2. The monoisotopic (exact) mass is 283 g/mol. The summed E-state index contributed by atoms with van der Waals surface area (Å²) in [4.78, 5) is 11.9. The van der Waals surface area contributed by atoms with E-state index in [1.54, 1.807) is 0 Å². The van der Waals surface area contributed by atoms with E-state index in [4.69, 9.17) is 10.5 Å². The zero-order chi connectivity index (χ0) is 14.7. The first-order valence-electron chi connectivity index (χ1n) is 6.96. The van der Waals surface area contributed by atoms with Gasteiger partial charge in [-0.2, -0.15) is 0 Å². The van der Waals surface area contributed by atoms with Crippen molar-refractivity contribution in [1.82, 2.24) is 0 Å². The molecule has 0 heterocycles. The predicted octanol–water partition coefficient (Wildman–Crippen LogP) is 3.67. The molecule has 1 aliphatic rings. The Morgan fingerprint density at radius 1 is 1.25 bits per heavy atom. The molecule has 5 heteroatoms. The van der Waals surface area contributed by atoms with Gasteiger partial charge in [0.2, 0.25) is 0 Å². The summed E-state index contributed by atoms with van der Waals surface area (Å²) in [7, 11) is 0. The summed E-state index contributed by atoms with van der Waals surface area (Å²) in [5, 5.41) is 0. The number of rotatable bonds is 3. The Morgan fingerprint density at radius 3 is 2.50 bits per heavy atom. The molecule has 1 aromatic rings. The molecule has 1 aliphatic carbocycles. The van der Waals surface area contributed by atoms with Crippen molar-refractivity contribution in [2.24, 2.45) is 5.92 Å². The molecule has 0 aromatic heterocycles. The third kappa shape index (κ3) is 3.26. The SMILES string of the molecule is CCC1CCC(OC(=O)c2cc(F)c(N)cc2F)CC1. The number of anilines is 1. The summed E-state index contributed by atoms with van der Waals surface area (Å²) in [5.74, 6) is -1.80. The van der Waals surface area contributed by atoms with Gasteiger partial charge in [0, 0.05) is 6.07 Å². The molecule has 110 valence electrons. The Labute approximate surface area is 117 Å². The van der Waals surface area contributed by atoms with Crippen molar-refractivity contribution in [2.75, 3.05) is 5.73 Å². The van der Waals surface area contributed by atoms with Gasteiger partial charge in [-0.05, 0) is 37.7 Å². The van der Waals surface area contributed by atoms with Crippen molar-refractivity contribution in [2.45, 2.75) is 45.1 Å². The molecule has 1 fully saturated rings. The summed E-state index contributed by atoms with van der Waals surface area (Å²) >= 11 is 0. The first kappa shape index (κ1) is 14.8. The molecule has 2 rings (SSSR count). The minimum absolute atomic E-state index is 0.203. The van der Waals surface area contributed by atoms with Gasteiger partial charge in [0.25, 0.3) is 0 Å². The molecule has 0 unspecified atom stereocenters. The lowest BCUT2D eigenvalue weighted by molar-refractivity contribution is 0.0159. The Morgan fingerprint density at radius 2 is 1.90 bits per heavy atom. The molecule has 3 nitrogen and oxygen atoms in total. The van der Waals surface area contributed by atoms with Crippen LogP contribution in [-0.2, 0) is 4.74 Å². The fourth-order valence-electron chi connectivity index (χ4n) is 2.59. The Balaban J connectivity index is 2.01. The summed E-state index contributed by atoms with van der Waals surface area (Å²) < 4.78 is 32.2. The Bertz CT molecular complexity index is 497. The molecule has 0 saturated heterocycles. The summed E-state index contributed by atoms with van der Waals surface area (Å²) in [5.41, 5.74) is 4.53. The molecule has 20 heavy (non-hydrogen) atoms. The van der Waals surface area contributed by atoms with Crippen molar-refractivity contribution in [3.63, 3.8) is 0 Å². The zero-order valence-electron chi connectivity index (χ0n) is 11.5. The van der Waals surface area contributed by atoms with Crippen LogP contribution in [0.3, 0.4) is 0 Å². The van der Waals surface area contributed by atoms with Crippen LogP contribution in [0.2, 0.25) is 0 Å². The van der Waals surface area contributed by atoms with Crippen molar-refractivity contribution < 1.29 is 18.3 Å². The smallest absolute Gasteiger partial charge is 0.341 e. The summed E-state index contributed by atoms with van der Waals surface area (Å²) in [6, 6.07) is 1.60. The number of carbonyl (C=O) groups excluding carboxylic acids is 1. The largest absolute Gasteiger partial charge is 0.459 e. The van der Waals surface area contributed by atoms with E-state index >= 15 is 0 Å². The average Bonchev–Trinajstić information content (AvgIpc) is 2.43.